The standard InChI is InChI=1S/C11H24N2O2/c1-9(8-10(2)14)13-11(15)6-4-3-5-7-12/h9-10,14H,3-8,12H2,1-2H3,(H,13,15). The van der Waals surface area contributed by atoms with Gasteiger partial charge in [0.2, 0.25) is 5.91 Å². The number of hydrogen-bond acceptors (Lipinski definition) is 3. The molecule has 0 aromatic heterocycles. The Morgan fingerprint density at radius 2 is 2.00 bits per heavy atom. The van der Waals surface area contributed by atoms with Crippen molar-refractivity contribution in [3.8, 4) is 0 Å². The quantitative estimate of drug-likeness (QED) is 0.525. The van der Waals surface area contributed by atoms with E-state index in [1.165, 1.54) is 0 Å². The number of unbranched alkanes of at least 4 members (excludes halogenated alkanes) is 2. The smallest absolute Gasteiger partial charge is 0.220 e. The van der Waals surface area contributed by atoms with E-state index in [0.29, 0.717) is 19.4 Å². The molecule has 4 N–H and O–H groups in total. The topological polar surface area (TPSA) is 75.3 Å². The molecular formula is C11H24N2O2. The van der Waals surface area contributed by atoms with Gasteiger partial charge in [0.15, 0.2) is 0 Å². The van der Waals surface area contributed by atoms with Gasteiger partial charge < -0.3 is 16.2 Å². The number of aliphatic hydroxyl groups excluding tert-OH is 1. The molecule has 0 aromatic rings. The van der Waals surface area contributed by atoms with Crippen LogP contribution >= 0.6 is 0 Å². The van der Waals surface area contributed by atoms with Crippen molar-refractivity contribution in [1.29, 1.82) is 0 Å². The summed E-state index contributed by atoms with van der Waals surface area (Å²) in [6.07, 6.45) is 3.69. The van der Waals surface area contributed by atoms with Crippen LogP contribution in [0, 0.1) is 0 Å². The number of rotatable bonds is 8. The van der Waals surface area contributed by atoms with Gasteiger partial charge in [-0.1, -0.05) is 6.42 Å². The number of aliphatic hydroxyl groups is 1. The highest BCUT2D eigenvalue weighted by atomic mass is 16.3. The zero-order chi connectivity index (χ0) is 11.7. The zero-order valence-corrected chi connectivity index (χ0v) is 9.83. The third-order valence-electron chi connectivity index (χ3n) is 2.21. The van der Waals surface area contributed by atoms with Crippen molar-refractivity contribution in [3.05, 3.63) is 0 Å². The molecule has 1 amide bonds. The van der Waals surface area contributed by atoms with Crippen molar-refractivity contribution in [2.45, 2.75) is 58.1 Å². The fraction of sp³-hybridized carbons (Fsp3) is 0.909. The first-order chi connectivity index (χ1) is 7.06. The molecule has 0 saturated carbocycles. The van der Waals surface area contributed by atoms with E-state index in [0.717, 1.165) is 19.3 Å². The van der Waals surface area contributed by atoms with E-state index in [-0.39, 0.29) is 18.1 Å². The number of hydrogen-bond donors (Lipinski definition) is 3. The Bertz CT molecular complexity index is 172. The molecule has 15 heavy (non-hydrogen) atoms. The molecule has 0 bridgehead atoms. The van der Waals surface area contributed by atoms with Gasteiger partial charge in [0, 0.05) is 12.5 Å². The predicted molar refractivity (Wildman–Crippen MR) is 61.4 cm³/mol. The van der Waals surface area contributed by atoms with Crippen molar-refractivity contribution in [3.63, 3.8) is 0 Å². The summed E-state index contributed by atoms with van der Waals surface area (Å²) in [6, 6.07) is 0.0482. The maximum atomic E-state index is 11.4. The van der Waals surface area contributed by atoms with Crippen molar-refractivity contribution < 1.29 is 9.90 Å². The van der Waals surface area contributed by atoms with Crippen molar-refractivity contribution in [2.75, 3.05) is 6.54 Å². The van der Waals surface area contributed by atoms with Gasteiger partial charge in [-0.3, -0.25) is 4.79 Å². The highest BCUT2D eigenvalue weighted by Crippen LogP contribution is 2.01. The maximum Gasteiger partial charge on any atom is 0.220 e. The Balaban J connectivity index is 3.47. The lowest BCUT2D eigenvalue weighted by Crippen LogP contribution is -2.34. The summed E-state index contributed by atoms with van der Waals surface area (Å²) >= 11 is 0. The van der Waals surface area contributed by atoms with Gasteiger partial charge in [0.1, 0.15) is 0 Å². The highest BCUT2D eigenvalue weighted by molar-refractivity contribution is 5.76. The van der Waals surface area contributed by atoms with E-state index in [1.807, 2.05) is 6.92 Å². The predicted octanol–water partition coefficient (Wildman–Crippen LogP) is 0.781. The second-order valence-corrected chi connectivity index (χ2v) is 4.15. The van der Waals surface area contributed by atoms with Gasteiger partial charge >= 0.3 is 0 Å². The Morgan fingerprint density at radius 3 is 2.53 bits per heavy atom. The first kappa shape index (κ1) is 14.4. The van der Waals surface area contributed by atoms with E-state index in [2.05, 4.69) is 5.32 Å². The normalized spacial score (nSPS) is 14.7. The summed E-state index contributed by atoms with van der Waals surface area (Å²) in [4.78, 5) is 11.4. The van der Waals surface area contributed by atoms with Crippen molar-refractivity contribution in [2.24, 2.45) is 5.73 Å². The molecule has 0 aromatic carbocycles. The summed E-state index contributed by atoms with van der Waals surface area (Å²) in [5.74, 6) is 0.0696. The lowest BCUT2D eigenvalue weighted by atomic mass is 10.1. The van der Waals surface area contributed by atoms with Crippen LogP contribution < -0.4 is 11.1 Å². The minimum absolute atomic E-state index is 0.0482. The molecule has 0 saturated heterocycles. The second-order valence-electron chi connectivity index (χ2n) is 4.15. The summed E-state index contributed by atoms with van der Waals surface area (Å²) in [6.45, 7) is 4.33. The average Bonchev–Trinajstić information content (AvgIpc) is 2.10. The summed E-state index contributed by atoms with van der Waals surface area (Å²) in [5, 5.41) is 12.0. The molecular weight excluding hydrogens is 192 g/mol. The van der Waals surface area contributed by atoms with E-state index in [9.17, 15) is 4.79 Å². The lowest BCUT2D eigenvalue weighted by Gasteiger charge is -2.15. The summed E-state index contributed by atoms with van der Waals surface area (Å²) in [7, 11) is 0. The number of carbonyl (C=O) groups is 1. The molecule has 0 rings (SSSR count). The van der Waals surface area contributed by atoms with Crippen LogP contribution in [0.25, 0.3) is 0 Å². The monoisotopic (exact) mass is 216 g/mol. The molecule has 0 aliphatic carbocycles. The van der Waals surface area contributed by atoms with E-state index in [4.69, 9.17) is 10.8 Å². The van der Waals surface area contributed by atoms with Gasteiger partial charge in [-0.25, -0.2) is 0 Å². The summed E-state index contributed by atoms with van der Waals surface area (Å²) in [5.41, 5.74) is 5.35. The van der Waals surface area contributed by atoms with Gasteiger partial charge in [-0.2, -0.15) is 0 Å². The molecule has 0 radical (unpaired) electrons. The fourth-order valence-corrected chi connectivity index (χ4v) is 1.52. The molecule has 0 heterocycles. The summed E-state index contributed by atoms with van der Waals surface area (Å²) < 4.78 is 0. The molecule has 0 fully saturated rings. The number of carbonyl (C=O) groups excluding carboxylic acids is 1. The molecule has 4 heteroatoms. The molecule has 2 unspecified atom stereocenters. The highest BCUT2D eigenvalue weighted by Gasteiger charge is 2.09. The molecule has 90 valence electrons. The largest absolute Gasteiger partial charge is 0.393 e. The van der Waals surface area contributed by atoms with Crippen LogP contribution in [0.3, 0.4) is 0 Å². The Kier molecular flexibility index (Phi) is 8.33. The van der Waals surface area contributed by atoms with E-state index in [1.54, 1.807) is 6.92 Å². The SMILES string of the molecule is CC(O)CC(C)NC(=O)CCCCCN. The van der Waals surface area contributed by atoms with Crippen molar-refractivity contribution >= 4 is 5.91 Å². The van der Waals surface area contributed by atoms with E-state index >= 15 is 0 Å². The minimum atomic E-state index is -0.363. The van der Waals surface area contributed by atoms with Gasteiger partial charge in [0.05, 0.1) is 6.10 Å². The minimum Gasteiger partial charge on any atom is -0.393 e. The number of amides is 1. The Labute approximate surface area is 92.2 Å². The van der Waals surface area contributed by atoms with Crippen LogP contribution in [0.1, 0.15) is 46.0 Å². The number of nitrogens with one attached hydrogen (secondary N) is 1. The van der Waals surface area contributed by atoms with Crippen molar-refractivity contribution in [1.82, 2.24) is 5.32 Å². The van der Waals surface area contributed by atoms with E-state index < -0.39 is 0 Å². The third kappa shape index (κ3) is 9.69. The third-order valence-corrected chi connectivity index (χ3v) is 2.21. The second kappa shape index (κ2) is 8.68. The van der Waals surface area contributed by atoms with Crippen LogP contribution in [-0.4, -0.2) is 29.7 Å². The van der Waals surface area contributed by atoms with Crippen LogP contribution in [0.4, 0.5) is 0 Å². The molecule has 0 aliphatic heterocycles. The van der Waals surface area contributed by atoms with Gasteiger partial charge in [0.25, 0.3) is 0 Å². The van der Waals surface area contributed by atoms with Gasteiger partial charge in [-0.05, 0) is 39.7 Å². The maximum absolute atomic E-state index is 11.4. The molecule has 2 atom stereocenters. The van der Waals surface area contributed by atoms with Crippen LogP contribution in [0.15, 0.2) is 0 Å². The molecule has 0 spiro atoms. The van der Waals surface area contributed by atoms with Crippen LogP contribution in [-0.2, 0) is 4.79 Å². The first-order valence-electron chi connectivity index (χ1n) is 5.73. The average molecular weight is 216 g/mol. The number of nitrogens with two attached hydrogens (primary N) is 1. The first-order valence-corrected chi connectivity index (χ1v) is 5.73. The Hall–Kier alpha value is -0.610. The molecule has 0 aliphatic rings. The Morgan fingerprint density at radius 1 is 1.33 bits per heavy atom. The lowest BCUT2D eigenvalue weighted by molar-refractivity contribution is -0.121. The van der Waals surface area contributed by atoms with Crippen LogP contribution in [0.2, 0.25) is 0 Å². The van der Waals surface area contributed by atoms with Crippen LogP contribution in [0.5, 0.6) is 0 Å². The van der Waals surface area contributed by atoms with Gasteiger partial charge in [-0.15, -0.1) is 0 Å². The fourth-order valence-electron chi connectivity index (χ4n) is 1.52. The zero-order valence-electron chi connectivity index (χ0n) is 9.83. The molecule has 4 nitrogen and oxygen atoms in total.